The highest BCUT2D eigenvalue weighted by molar-refractivity contribution is 5.41. The second-order valence-electron chi connectivity index (χ2n) is 4.98. The number of nitrogens with zero attached hydrogens (tertiary/aromatic N) is 4. The number of aromatic amines is 1. The molecule has 23 heavy (non-hydrogen) atoms. The van der Waals surface area contributed by atoms with Gasteiger partial charge in [-0.15, -0.1) is 13.2 Å². The highest BCUT2D eigenvalue weighted by Gasteiger charge is 2.31. The van der Waals surface area contributed by atoms with Crippen LogP contribution in [0.2, 0.25) is 0 Å². The Labute approximate surface area is 129 Å². The van der Waals surface area contributed by atoms with Gasteiger partial charge >= 0.3 is 6.36 Å². The molecule has 1 atom stereocenters. The molecule has 0 spiro atoms. The zero-order valence-electron chi connectivity index (χ0n) is 12.2. The number of alkyl halides is 3. The van der Waals surface area contributed by atoms with Gasteiger partial charge in [0.25, 0.3) is 0 Å². The van der Waals surface area contributed by atoms with Gasteiger partial charge in [0, 0.05) is 6.54 Å². The average molecular weight is 329 g/mol. The molecule has 0 aromatic carbocycles. The van der Waals surface area contributed by atoms with E-state index in [9.17, 15) is 13.2 Å². The molecule has 0 radical (unpaired) electrons. The number of ether oxygens (including phenoxy) is 2. The molecule has 0 aliphatic carbocycles. The Morgan fingerprint density at radius 1 is 1.39 bits per heavy atom. The number of aromatic nitrogens is 4. The molecule has 2 aromatic rings. The van der Waals surface area contributed by atoms with Crippen molar-refractivity contribution in [3.05, 3.63) is 30.0 Å². The minimum Gasteiger partial charge on any atom is -0.404 e. The quantitative estimate of drug-likeness (QED) is 0.928. The number of morpholine rings is 1. The standard InChI is InChI=1S/C13H14F3N5O2/c1-8-18-12(20-19-8)10-7-21(4-5-22-10)11-3-2-9(6-17-11)23-13(14,15)16/h2-3,6,10H,4-5,7H2,1H3,(H,18,19,20). The first-order valence-corrected chi connectivity index (χ1v) is 6.88. The molecule has 0 saturated carbocycles. The van der Waals surface area contributed by atoms with Crippen molar-refractivity contribution < 1.29 is 22.6 Å². The first kappa shape index (κ1) is 15.5. The molecule has 10 heteroatoms. The summed E-state index contributed by atoms with van der Waals surface area (Å²) in [5.74, 6) is 1.42. The number of nitrogens with one attached hydrogen (secondary N) is 1. The smallest absolute Gasteiger partial charge is 0.404 e. The van der Waals surface area contributed by atoms with Crippen LogP contribution in [0.3, 0.4) is 0 Å². The summed E-state index contributed by atoms with van der Waals surface area (Å²) in [6.45, 7) is 3.27. The van der Waals surface area contributed by atoms with Crippen LogP contribution in [-0.4, -0.2) is 46.2 Å². The lowest BCUT2D eigenvalue weighted by Gasteiger charge is -2.32. The Morgan fingerprint density at radius 2 is 2.22 bits per heavy atom. The largest absolute Gasteiger partial charge is 0.573 e. The molecule has 124 valence electrons. The third kappa shape index (κ3) is 3.89. The minimum atomic E-state index is -4.73. The summed E-state index contributed by atoms with van der Waals surface area (Å²) in [6, 6.07) is 2.71. The van der Waals surface area contributed by atoms with E-state index in [-0.39, 0.29) is 11.9 Å². The van der Waals surface area contributed by atoms with Crippen molar-refractivity contribution in [3.63, 3.8) is 0 Å². The van der Waals surface area contributed by atoms with Gasteiger partial charge in [0.15, 0.2) is 5.82 Å². The monoisotopic (exact) mass is 329 g/mol. The highest BCUT2D eigenvalue weighted by Crippen LogP contribution is 2.26. The summed E-state index contributed by atoms with van der Waals surface area (Å²) >= 11 is 0. The van der Waals surface area contributed by atoms with Crippen LogP contribution in [0.1, 0.15) is 17.8 Å². The normalized spacial score (nSPS) is 19.0. The van der Waals surface area contributed by atoms with Gasteiger partial charge in [-0.3, -0.25) is 5.10 Å². The highest BCUT2D eigenvalue weighted by atomic mass is 19.4. The zero-order valence-corrected chi connectivity index (χ0v) is 12.2. The molecule has 3 heterocycles. The molecule has 3 rings (SSSR count). The van der Waals surface area contributed by atoms with Gasteiger partial charge in [-0.05, 0) is 19.1 Å². The first-order valence-electron chi connectivity index (χ1n) is 6.88. The lowest BCUT2D eigenvalue weighted by molar-refractivity contribution is -0.274. The van der Waals surface area contributed by atoms with Gasteiger partial charge in [-0.2, -0.15) is 5.10 Å². The Kier molecular flexibility index (Phi) is 4.07. The number of hydrogen-bond acceptors (Lipinski definition) is 6. The summed E-state index contributed by atoms with van der Waals surface area (Å²) in [5, 5.41) is 6.82. The molecular weight excluding hydrogens is 315 g/mol. The van der Waals surface area contributed by atoms with E-state index in [4.69, 9.17) is 4.74 Å². The van der Waals surface area contributed by atoms with Crippen LogP contribution in [0, 0.1) is 6.92 Å². The predicted molar refractivity (Wildman–Crippen MR) is 72.9 cm³/mol. The van der Waals surface area contributed by atoms with E-state index in [2.05, 4.69) is 24.9 Å². The lowest BCUT2D eigenvalue weighted by atomic mass is 10.2. The Morgan fingerprint density at radius 3 is 2.83 bits per heavy atom. The topological polar surface area (TPSA) is 76.2 Å². The van der Waals surface area contributed by atoms with E-state index in [1.54, 1.807) is 6.92 Å². The van der Waals surface area contributed by atoms with Crippen molar-refractivity contribution in [2.24, 2.45) is 0 Å². The maximum absolute atomic E-state index is 12.1. The number of pyridine rings is 1. The van der Waals surface area contributed by atoms with Crippen molar-refractivity contribution in [2.45, 2.75) is 19.4 Å². The molecule has 0 amide bonds. The fourth-order valence-corrected chi connectivity index (χ4v) is 2.27. The fourth-order valence-electron chi connectivity index (χ4n) is 2.27. The number of H-pyrrole nitrogens is 1. The van der Waals surface area contributed by atoms with Gasteiger partial charge in [0.2, 0.25) is 0 Å². The van der Waals surface area contributed by atoms with Crippen LogP contribution < -0.4 is 9.64 Å². The maximum Gasteiger partial charge on any atom is 0.573 e. The van der Waals surface area contributed by atoms with E-state index in [1.165, 1.54) is 12.1 Å². The number of hydrogen-bond donors (Lipinski definition) is 1. The Bertz CT molecular complexity index is 658. The SMILES string of the molecule is Cc1nc(C2CN(c3ccc(OC(F)(F)F)cn3)CCO2)n[nH]1. The zero-order chi connectivity index (χ0) is 16.4. The molecule has 1 unspecified atom stereocenters. The number of rotatable bonds is 3. The van der Waals surface area contributed by atoms with Crippen molar-refractivity contribution in [1.29, 1.82) is 0 Å². The molecule has 1 saturated heterocycles. The molecule has 1 N–H and O–H groups in total. The number of aryl methyl sites for hydroxylation is 1. The van der Waals surface area contributed by atoms with E-state index in [0.717, 1.165) is 6.20 Å². The Hall–Kier alpha value is -2.36. The first-order chi connectivity index (χ1) is 10.9. The molecule has 7 nitrogen and oxygen atoms in total. The summed E-state index contributed by atoms with van der Waals surface area (Å²) in [7, 11) is 0. The summed E-state index contributed by atoms with van der Waals surface area (Å²) in [4.78, 5) is 10.1. The second kappa shape index (κ2) is 6.03. The maximum atomic E-state index is 12.1. The van der Waals surface area contributed by atoms with Crippen LogP contribution in [0.5, 0.6) is 5.75 Å². The molecule has 1 aliphatic heterocycles. The molecular formula is C13H14F3N5O2. The van der Waals surface area contributed by atoms with E-state index in [1.807, 2.05) is 4.90 Å². The number of anilines is 1. The van der Waals surface area contributed by atoms with Crippen LogP contribution in [0.4, 0.5) is 19.0 Å². The summed E-state index contributed by atoms with van der Waals surface area (Å²) < 4.78 is 45.9. The minimum absolute atomic E-state index is 0.318. The van der Waals surface area contributed by atoms with Gasteiger partial charge in [0.05, 0.1) is 19.3 Å². The molecule has 1 aliphatic rings. The van der Waals surface area contributed by atoms with Crippen LogP contribution >= 0.6 is 0 Å². The fraction of sp³-hybridized carbons (Fsp3) is 0.462. The molecule has 1 fully saturated rings. The van der Waals surface area contributed by atoms with Crippen LogP contribution in [0.25, 0.3) is 0 Å². The Balaban J connectivity index is 1.69. The van der Waals surface area contributed by atoms with Gasteiger partial charge < -0.3 is 14.4 Å². The van der Waals surface area contributed by atoms with E-state index in [0.29, 0.717) is 37.2 Å². The van der Waals surface area contributed by atoms with E-state index >= 15 is 0 Å². The van der Waals surface area contributed by atoms with E-state index < -0.39 is 6.36 Å². The second-order valence-corrected chi connectivity index (χ2v) is 4.98. The van der Waals surface area contributed by atoms with Gasteiger partial charge in [-0.25, -0.2) is 9.97 Å². The van der Waals surface area contributed by atoms with Gasteiger partial charge in [-0.1, -0.05) is 0 Å². The molecule has 0 bridgehead atoms. The number of halogens is 3. The van der Waals surface area contributed by atoms with Crippen molar-refractivity contribution >= 4 is 5.82 Å². The third-order valence-corrected chi connectivity index (χ3v) is 3.25. The van der Waals surface area contributed by atoms with Gasteiger partial charge in [0.1, 0.15) is 23.5 Å². The summed E-state index contributed by atoms with van der Waals surface area (Å²) in [6.07, 6.45) is -4.00. The molecule has 2 aromatic heterocycles. The lowest BCUT2D eigenvalue weighted by Crippen LogP contribution is -2.39. The average Bonchev–Trinajstić information content (AvgIpc) is 2.93. The summed E-state index contributed by atoms with van der Waals surface area (Å²) in [5.41, 5.74) is 0. The predicted octanol–water partition coefficient (Wildman–Crippen LogP) is 1.98. The van der Waals surface area contributed by atoms with Crippen LogP contribution in [-0.2, 0) is 4.74 Å². The van der Waals surface area contributed by atoms with Crippen molar-refractivity contribution in [1.82, 2.24) is 20.2 Å². The third-order valence-electron chi connectivity index (χ3n) is 3.25. The van der Waals surface area contributed by atoms with Crippen LogP contribution in [0.15, 0.2) is 18.3 Å². The van der Waals surface area contributed by atoms with Crippen molar-refractivity contribution in [2.75, 3.05) is 24.6 Å². The van der Waals surface area contributed by atoms with Crippen molar-refractivity contribution in [3.8, 4) is 5.75 Å².